The zero-order valence-corrected chi connectivity index (χ0v) is 7.67. The third-order valence-electron chi connectivity index (χ3n) is 2.49. The van der Waals surface area contributed by atoms with Crippen LogP contribution in [-0.2, 0) is 4.79 Å². The van der Waals surface area contributed by atoms with Crippen molar-refractivity contribution in [3.05, 3.63) is 0 Å². The molecule has 82 valence electrons. The van der Waals surface area contributed by atoms with Crippen molar-refractivity contribution in [2.75, 3.05) is 13.1 Å². The molecule has 1 atom stereocenters. The molecule has 4 nitrogen and oxygen atoms in total. The van der Waals surface area contributed by atoms with Crippen molar-refractivity contribution < 1.29 is 18.7 Å². The van der Waals surface area contributed by atoms with Crippen molar-refractivity contribution in [3.63, 3.8) is 0 Å². The first kappa shape index (κ1) is 11.3. The Balaban J connectivity index is 2.28. The van der Waals surface area contributed by atoms with Gasteiger partial charge in [0.1, 0.15) is 6.10 Å². The van der Waals surface area contributed by atoms with E-state index in [9.17, 15) is 13.6 Å². The summed E-state index contributed by atoms with van der Waals surface area (Å²) in [6, 6.07) is 0. The van der Waals surface area contributed by atoms with Crippen molar-refractivity contribution in [2.45, 2.75) is 25.4 Å². The normalized spacial score (nSPS) is 20.6. The molecule has 14 heavy (non-hydrogen) atoms. The van der Waals surface area contributed by atoms with Gasteiger partial charge in [-0.1, -0.05) is 0 Å². The zero-order chi connectivity index (χ0) is 10.8. The molecule has 4 N–H and O–H groups in total. The Morgan fingerprint density at radius 1 is 1.57 bits per heavy atom. The van der Waals surface area contributed by atoms with Gasteiger partial charge >= 0.3 is 0 Å². The minimum atomic E-state index is -2.83. The Kier molecular flexibility index (Phi) is 3.38. The number of amides is 1. The maximum absolute atomic E-state index is 11.8. The van der Waals surface area contributed by atoms with Crippen LogP contribution >= 0.6 is 0 Å². The molecule has 0 aromatic rings. The average molecular weight is 208 g/mol. The van der Waals surface area contributed by atoms with Crippen LogP contribution in [0, 0.1) is 5.41 Å². The Morgan fingerprint density at radius 3 is 2.50 bits per heavy atom. The van der Waals surface area contributed by atoms with E-state index in [1.807, 2.05) is 0 Å². The Morgan fingerprint density at radius 2 is 2.14 bits per heavy atom. The van der Waals surface area contributed by atoms with E-state index in [0.29, 0.717) is 12.8 Å². The highest BCUT2D eigenvalue weighted by molar-refractivity contribution is 5.85. The molecule has 1 aliphatic carbocycles. The Labute approximate surface area is 80.5 Å². The molecule has 0 bridgehead atoms. The Bertz CT molecular complexity index is 219. The van der Waals surface area contributed by atoms with Gasteiger partial charge in [-0.3, -0.25) is 4.79 Å². The maximum atomic E-state index is 11.8. The predicted molar refractivity (Wildman–Crippen MR) is 45.7 cm³/mol. The number of nitrogens with two attached hydrogens (primary N) is 1. The molecule has 0 saturated heterocycles. The SMILES string of the molecule is NCC1(C(=O)NCC(O)C(F)F)CC1. The molecule has 1 rings (SSSR count). The number of hydrogen-bond donors (Lipinski definition) is 3. The first-order valence-electron chi connectivity index (χ1n) is 4.46. The van der Waals surface area contributed by atoms with Crippen LogP contribution < -0.4 is 11.1 Å². The molecule has 6 heteroatoms. The number of aliphatic hydroxyl groups excluding tert-OH is 1. The molecule has 1 aliphatic rings. The van der Waals surface area contributed by atoms with Crippen LogP contribution in [0.1, 0.15) is 12.8 Å². The molecule has 1 unspecified atom stereocenters. The summed E-state index contributed by atoms with van der Waals surface area (Å²) >= 11 is 0. The highest BCUT2D eigenvalue weighted by Gasteiger charge is 2.48. The fourth-order valence-electron chi connectivity index (χ4n) is 1.15. The summed E-state index contributed by atoms with van der Waals surface area (Å²) in [6.45, 7) is -0.193. The van der Waals surface area contributed by atoms with Gasteiger partial charge < -0.3 is 16.2 Å². The van der Waals surface area contributed by atoms with Gasteiger partial charge in [-0.15, -0.1) is 0 Å². The fourth-order valence-corrected chi connectivity index (χ4v) is 1.15. The standard InChI is InChI=1S/C8H14F2N2O2/c9-6(10)5(13)3-12-7(14)8(4-11)1-2-8/h5-6,13H,1-4,11H2,(H,12,14). The summed E-state index contributed by atoms with van der Waals surface area (Å²) in [5.41, 5.74) is 4.81. The van der Waals surface area contributed by atoms with E-state index in [-0.39, 0.29) is 12.5 Å². The van der Waals surface area contributed by atoms with Gasteiger partial charge in [0.05, 0.1) is 5.41 Å². The molecule has 0 spiro atoms. The lowest BCUT2D eigenvalue weighted by atomic mass is 10.1. The molecule has 0 heterocycles. The third kappa shape index (κ3) is 2.39. The van der Waals surface area contributed by atoms with E-state index < -0.39 is 24.5 Å². The van der Waals surface area contributed by atoms with E-state index >= 15 is 0 Å². The fraction of sp³-hybridized carbons (Fsp3) is 0.875. The molecule has 0 radical (unpaired) electrons. The monoisotopic (exact) mass is 208 g/mol. The highest BCUT2D eigenvalue weighted by atomic mass is 19.3. The van der Waals surface area contributed by atoms with Crippen LogP contribution in [0.4, 0.5) is 8.78 Å². The van der Waals surface area contributed by atoms with Crippen molar-refractivity contribution in [1.29, 1.82) is 0 Å². The second-order valence-electron chi connectivity index (χ2n) is 3.60. The third-order valence-corrected chi connectivity index (χ3v) is 2.49. The zero-order valence-electron chi connectivity index (χ0n) is 7.67. The number of rotatable bonds is 5. The topological polar surface area (TPSA) is 75.4 Å². The molecule has 0 aromatic heterocycles. The van der Waals surface area contributed by atoms with Crippen LogP contribution in [-0.4, -0.2) is 36.6 Å². The van der Waals surface area contributed by atoms with Crippen molar-refractivity contribution in [2.24, 2.45) is 11.1 Å². The van der Waals surface area contributed by atoms with Crippen LogP contribution in [0.25, 0.3) is 0 Å². The lowest BCUT2D eigenvalue weighted by molar-refractivity contribution is -0.127. The van der Waals surface area contributed by atoms with E-state index in [1.165, 1.54) is 0 Å². The summed E-state index contributed by atoms with van der Waals surface area (Å²) in [4.78, 5) is 11.3. The van der Waals surface area contributed by atoms with Crippen LogP contribution in [0.2, 0.25) is 0 Å². The van der Waals surface area contributed by atoms with Crippen molar-refractivity contribution in [1.82, 2.24) is 5.32 Å². The number of aliphatic hydroxyl groups is 1. The molecule has 0 aliphatic heterocycles. The maximum Gasteiger partial charge on any atom is 0.265 e. The molecular formula is C8H14F2N2O2. The van der Waals surface area contributed by atoms with Crippen LogP contribution in [0.5, 0.6) is 0 Å². The summed E-state index contributed by atoms with van der Waals surface area (Å²) in [7, 11) is 0. The lowest BCUT2D eigenvalue weighted by Gasteiger charge is -2.15. The van der Waals surface area contributed by atoms with Gasteiger partial charge in [-0.2, -0.15) is 0 Å². The molecule has 1 fully saturated rings. The number of nitrogens with one attached hydrogen (secondary N) is 1. The average Bonchev–Trinajstić information content (AvgIpc) is 2.93. The summed E-state index contributed by atoms with van der Waals surface area (Å²) in [6.07, 6.45) is -3.24. The number of carbonyl (C=O) groups excluding carboxylic acids is 1. The second-order valence-corrected chi connectivity index (χ2v) is 3.60. The van der Waals surface area contributed by atoms with Crippen molar-refractivity contribution >= 4 is 5.91 Å². The van der Waals surface area contributed by atoms with E-state index in [1.54, 1.807) is 0 Å². The minimum Gasteiger partial charge on any atom is -0.385 e. The van der Waals surface area contributed by atoms with Crippen LogP contribution in [0.3, 0.4) is 0 Å². The first-order valence-corrected chi connectivity index (χ1v) is 4.46. The van der Waals surface area contributed by atoms with Gasteiger partial charge in [0.15, 0.2) is 0 Å². The van der Waals surface area contributed by atoms with Crippen LogP contribution in [0.15, 0.2) is 0 Å². The van der Waals surface area contributed by atoms with Crippen molar-refractivity contribution in [3.8, 4) is 0 Å². The smallest absolute Gasteiger partial charge is 0.265 e. The largest absolute Gasteiger partial charge is 0.385 e. The quantitative estimate of drug-likeness (QED) is 0.568. The number of alkyl halides is 2. The summed E-state index contributed by atoms with van der Waals surface area (Å²) < 4.78 is 23.7. The van der Waals surface area contributed by atoms with Gasteiger partial charge in [-0.25, -0.2) is 8.78 Å². The second kappa shape index (κ2) is 4.18. The molecular weight excluding hydrogens is 194 g/mol. The minimum absolute atomic E-state index is 0.226. The first-order chi connectivity index (χ1) is 6.52. The number of hydrogen-bond acceptors (Lipinski definition) is 3. The van der Waals surface area contributed by atoms with E-state index in [0.717, 1.165) is 0 Å². The summed E-state index contributed by atoms with van der Waals surface area (Å²) in [5.74, 6) is -0.334. The van der Waals surface area contributed by atoms with E-state index in [4.69, 9.17) is 10.8 Å². The Hall–Kier alpha value is -0.750. The van der Waals surface area contributed by atoms with Gasteiger partial charge in [0.2, 0.25) is 5.91 Å². The molecule has 0 aromatic carbocycles. The molecule has 1 saturated carbocycles. The predicted octanol–water partition coefficient (Wildman–Crippen LogP) is -0.533. The number of halogens is 2. The summed E-state index contributed by atoms with van der Waals surface area (Å²) in [5, 5.41) is 11.0. The lowest BCUT2D eigenvalue weighted by Crippen LogP contribution is -2.42. The van der Waals surface area contributed by atoms with Gasteiger partial charge in [0, 0.05) is 13.1 Å². The highest BCUT2D eigenvalue weighted by Crippen LogP contribution is 2.44. The molecule has 1 amide bonds. The van der Waals surface area contributed by atoms with E-state index in [2.05, 4.69) is 5.32 Å². The van der Waals surface area contributed by atoms with Gasteiger partial charge in [0.25, 0.3) is 6.43 Å². The number of carbonyl (C=O) groups is 1. The van der Waals surface area contributed by atoms with Gasteiger partial charge in [-0.05, 0) is 12.8 Å².